The maximum atomic E-state index is 12.8. The molecule has 12 heteroatoms. The van der Waals surface area contributed by atoms with E-state index >= 15 is 0 Å². The van der Waals surface area contributed by atoms with Crippen molar-refractivity contribution in [2.24, 2.45) is 11.7 Å². The first-order valence-corrected chi connectivity index (χ1v) is 10.5. The summed E-state index contributed by atoms with van der Waals surface area (Å²) in [5, 5.41) is 1.84. The van der Waals surface area contributed by atoms with Gasteiger partial charge in [-0.15, -0.1) is 0 Å². The maximum absolute atomic E-state index is 12.8. The van der Waals surface area contributed by atoms with Crippen LogP contribution >= 0.6 is 23.4 Å². The predicted molar refractivity (Wildman–Crippen MR) is 110 cm³/mol. The van der Waals surface area contributed by atoms with Gasteiger partial charge in [0, 0.05) is 32.2 Å². The molecule has 0 saturated carbocycles. The number of Topliss-reactive ketones (excluding diaryl/α,β-unsaturated/α-hetero) is 1. The molecule has 162 valence electrons. The summed E-state index contributed by atoms with van der Waals surface area (Å²) in [5.74, 6) is -1.60. The van der Waals surface area contributed by atoms with Crippen molar-refractivity contribution in [3.05, 3.63) is 27.7 Å². The Morgan fingerprint density at radius 1 is 1.47 bits per heavy atom. The normalized spacial score (nSPS) is 24.3. The minimum atomic E-state index is -0.883. The molecule has 2 aliphatic rings. The third-order valence-corrected chi connectivity index (χ3v) is 6.32. The number of aromatic amines is 1. The lowest BCUT2D eigenvalue weighted by molar-refractivity contribution is -0.131. The summed E-state index contributed by atoms with van der Waals surface area (Å²) in [6.07, 6.45) is 1.68. The number of H-pyrrole nitrogens is 1. The summed E-state index contributed by atoms with van der Waals surface area (Å²) < 4.78 is 5.51. The molecule has 0 aromatic carbocycles. The first-order chi connectivity index (χ1) is 14.2. The summed E-state index contributed by atoms with van der Waals surface area (Å²) in [5.41, 5.74) is 6.90. The number of rotatable bonds is 6. The SMILES string of the molecule is CCc1[nH]c(C(=O)C(N)C2CCN(C(=O)/C=C3\SC(=O)NC3=O)C[C@@H]2OC)nc1Cl. The van der Waals surface area contributed by atoms with Gasteiger partial charge in [-0.3, -0.25) is 24.5 Å². The van der Waals surface area contributed by atoms with Crippen LogP contribution in [-0.2, 0) is 20.7 Å². The van der Waals surface area contributed by atoms with Crippen LogP contribution in [0.3, 0.4) is 0 Å². The number of imide groups is 1. The molecule has 4 N–H and O–H groups in total. The summed E-state index contributed by atoms with van der Waals surface area (Å²) in [4.78, 5) is 56.7. The minimum Gasteiger partial charge on any atom is -0.379 e. The number of nitrogens with one attached hydrogen (secondary N) is 2. The first-order valence-electron chi connectivity index (χ1n) is 9.35. The van der Waals surface area contributed by atoms with Crippen LogP contribution in [0, 0.1) is 5.92 Å². The molecule has 10 nitrogen and oxygen atoms in total. The molecular formula is C18H22ClN5O5S. The summed E-state index contributed by atoms with van der Waals surface area (Å²) >= 11 is 6.70. The van der Waals surface area contributed by atoms with Crippen molar-refractivity contribution in [3.8, 4) is 0 Å². The zero-order chi connectivity index (χ0) is 22.0. The van der Waals surface area contributed by atoms with E-state index in [0.717, 1.165) is 6.08 Å². The van der Waals surface area contributed by atoms with E-state index in [1.54, 1.807) is 0 Å². The van der Waals surface area contributed by atoms with Crippen LogP contribution in [0.15, 0.2) is 11.0 Å². The van der Waals surface area contributed by atoms with Gasteiger partial charge < -0.3 is 20.4 Å². The van der Waals surface area contributed by atoms with E-state index in [4.69, 9.17) is 22.1 Å². The number of aromatic nitrogens is 2. The summed E-state index contributed by atoms with van der Waals surface area (Å²) in [7, 11) is 1.49. The number of piperidine rings is 1. The van der Waals surface area contributed by atoms with Crippen LogP contribution in [0.4, 0.5) is 4.79 Å². The van der Waals surface area contributed by atoms with Crippen LogP contribution in [-0.4, -0.2) is 70.0 Å². The van der Waals surface area contributed by atoms with Crippen molar-refractivity contribution in [3.63, 3.8) is 0 Å². The second-order valence-electron chi connectivity index (χ2n) is 6.96. The standard InChI is InChI=1S/C18H22ClN5O5S/c1-3-9-15(19)22-16(21-9)14(26)13(20)8-4-5-24(7-10(8)29-2)12(25)6-11-17(27)23-18(28)30-11/h6,8,10,13H,3-5,7,20H2,1-2H3,(H,21,22)(H,23,27,28)/b11-6-/t8?,10-,13?/m0/s1. The van der Waals surface area contributed by atoms with Gasteiger partial charge in [-0.1, -0.05) is 18.5 Å². The molecule has 3 heterocycles. The number of carbonyl (C=O) groups is 4. The van der Waals surface area contributed by atoms with Crippen LogP contribution in [0.5, 0.6) is 0 Å². The van der Waals surface area contributed by atoms with Crippen molar-refractivity contribution in [2.75, 3.05) is 20.2 Å². The quantitative estimate of drug-likeness (QED) is 0.422. The van der Waals surface area contributed by atoms with E-state index in [2.05, 4.69) is 15.3 Å². The zero-order valence-electron chi connectivity index (χ0n) is 16.4. The zero-order valence-corrected chi connectivity index (χ0v) is 18.0. The highest BCUT2D eigenvalue weighted by Gasteiger charge is 2.39. The number of hydrogen-bond donors (Lipinski definition) is 3. The number of amides is 3. The average Bonchev–Trinajstić information content (AvgIpc) is 3.26. The fourth-order valence-electron chi connectivity index (χ4n) is 3.51. The van der Waals surface area contributed by atoms with E-state index < -0.39 is 29.2 Å². The molecule has 0 aliphatic carbocycles. The molecule has 0 bridgehead atoms. The molecule has 0 radical (unpaired) electrons. The number of ketones is 1. The molecule has 2 aliphatic heterocycles. The Kier molecular flexibility index (Phi) is 6.96. The monoisotopic (exact) mass is 455 g/mol. The number of aryl methyl sites for hydroxylation is 1. The third-order valence-electron chi connectivity index (χ3n) is 5.20. The van der Waals surface area contributed by atoms with Crippen LogP contribution in [0.1, 0.15) is 29.7 Å². The smallest absolute Gasteiger partial charge is 0.290 e. The van der Waals surface area contributed by atoms with Gasteiger partial charge in [-0.2, -0.15) is 0 Å². The molecule has 2 unspecified atom stereocenters. The van der Waals surface area contributed by atoms with Crippen molar-refractivity contribution < 1.29 is 23.9 Å². The largest absolute Gasteiger partial charge is 0.379 e. The van der Waals surface area contributed by atoms with Gasteiger partial charge in [-0.25, -0.2) is 4.98 Å². The van der Waals surface area contributed by atoms with Crippen molar-refractivity contribution >= 4 is 46.2 Å². The number of nitrogens with two attached hydrogens (primary N) is 1. The number of methoxy groups -OCH3 is 1. The lowest BCUT2D eigenvalue weighted by Gasteiger charge is -2.39. The Hall–Kier alpha value is -2.21. The van der Waals surface area contributed by atoms with Crippen molar-refractivity contribution in [1.82, 2.24) is 20.2 Å². The molecule has 2 fully saturated rings. The number of thioether (sulfide) groups is 1. The third kappa shape index (κ3) is 4.59. The summed E-state index contributed by atoms with van der Waals surface area (Å²) in [6.45, 7) is 2.41. The lowest BCUT2D eigenvalue weighted by Crippen LogP contribution is -2.54. The van der Waals surface area contributed by atoms with Gasteiger partial charge in [-0.05, 0) is 24.6 Å². The summed E-state index contributed by atoms with van der Waals surface area (Å²) in [6, 6.07) is -0.883. The van der Waals surface area contributed by atoms with Gasteiger partial charge in [0.05, 0.1) is 22.7 Å². The van der Waals surface area contributed by atoms with E-state index in [1.165, 1.54) is 12.0 Å². The van der Waals surface area contributed by atoms with Crippen molar-refractivity contribution in [1.29, 1.82) is 0 Å². The first kappa shape index (κ1) is 22.5. The molecule has 0 spiro atoms. The van der Waals surface area contributed by atoms with Gasteiger partial charge in [0.1, 0.15) is 0 Å². The highest BCUT2D eigenvalue weighted by molar-refractivity contribution is 8.18. The molecule has 3 amide bonds. The molecule has 3 rings (SSSR count). The van der Waals surface area contributed by atoms with Gasteiger partial charge >= 0.3 is 0 Å². The fraction of sp³-hybridized carbons (Fsp3) is 0.500. The molecule has 1 aromatic heterocycles. The Balaban J connectivity index is 1.68. The maximum Gasteiger partial charge on any atom is 0.290 e. The second kappa shape index (κ2) is 9.29. The predicted octanol–water partition coefficient (Wildman–Crippen LogP) is 0.866. The topological polar surface area (TPSA) is 147 Å². The number of likely N-dealkylation sites (tertiary alicyclic amines) is 1. The molecule has 1 aromatic rings. The Morgan fingerprint density at radius 2 is 2.20 bits per heavy atom. The molecule has 3 atom stereocenters. The number of nitrogens with zero attached hydrogens (tertiary/aromatic N) is 2. The highest BCUT2D eigenvalue weighted by Crippen LogP contribution is 2.27. The van der Waals surface area contributed by atoms with E-state index in [-0.39, 0.29) is 34.1 Å². The molecule has 30 heavy (non-hydrogen) atoms. The van der Waals surface area contributed by atoms with E-state index in [9.17, 15) is 19.2 Å². The Morgan fingerprint density at radius 3 is 2.77 bits per heavy atom. The fourth-order valence-corrected chi connectivity index (χ4v) is 4.42. The molecular weight excluding hydrogens is 434 g/mol. The second-order valence-corrected chi connectivity index (χ2v) is 8.33. The number of imidazole rings is 1. The number of ether oxygens (including phenoxy) is 1. The number of hydrogen-bond acceptors (Lipinski definition) is 8. The lowest BCUT2D eigenvalue weighted by atomic mass is 9.85. The molecule has 2 saturated heterocycles. The minimum absolute atomic E-state index is 0.0504. The van der Waals surface area contributed by atoms with Gasteiger partial charge in [0.15, 0.2) is 11.0 Å². The Labute approximate surface area is 181 Å². The van der Waals surface area contributed by atoms with E-state index in [1.807, 2.05) is 6.92 Å². The van der Waals surface area contributed by atoms with Gasteiger partial charge in [0.25, 0.3) is 11.1 Å². The van der Waals surface area contributed by atoms with Crippen LogP contribution in [0.2, 0.25) is 5.15 Å². The van der Waals surface area contributed by atoms with Crippen LogP contribution < -0.4 is 11.1 Å². The van der Waals surface area contributed by atoms with Gasteiger partial charge in [0.2, 0.25) is 11.7 Å². The Bertz CT molecular complexity index is 917. The van der Waals surface area contributed by atoms with E-state index in [0.29, 0.717) is 36.8 Å². The number of carbonyl (C=O) groups excluding carboxylic acids is 4. The highest BCUT2D eigenvalue weighted by atomic mass is 35.5. The van der Waals surface area contributed by atoms with Crippen molar-refractivity contribution in [2.45, 2.75) is 31.9 Å². The number of halogens is 1. The van der Waals surface area contributed by atoms with Crippen LogP contribution in [0.25, 0.3) is 0 Å². The average molecular weight is 456 g/mol.